The molecule has 0 aliphatic heterocycles. The Morgan fingerprint density at radius 3 is 2.02 bits per heavy atom. The van der Waals surface area contributed by atoms with E-state index in [-0.39, 0.29) is 29.3 Å². The second-order valence-electron chi connectivity index (χ2n) is 10.8. The molecule has 0 aliphatic rings. The lowest BCUT2D eigenvalue weighted by Gasteiger charge is -2.13. The molecule has 0 aliphatic carbocycles. The maximum Gasteiger partial charge on any atom is 0.228 e. The summed E-state index contributed by atoms with van der Waals surface area (Å²) in [5.41, 5.74) is 5.03. The van der Waals surface area contributed by atoms with Crippen LogP contribution in [0, 0.1) is 6.92 Å². The summed E-state index contributed by atoms with van der Waals surface area (Å²) in [4.78, 5) is 14.0. The molecule has 1 amide bonds. The van der Waals surface area contributed by atoms with E-state index in [1.54, 1.807) is 18.4 Å². The Morgan fingerprint density at radius 2 is 1.44 bits per heavy atom. The van der Waals surface area contributed by atoms with E-state index < -0.39 is 0 Å². The molecule has 3 aromatic rings. The molecule has 1 N–H and O–H groups in total. The number of carbonyl (C=O) groups is 1. The maximum atomic E-state index is 12.7. The lowest BCUT2D eigenvalue weighted by Crippen LogP contribution is -3.00. The number of unbranched alkanes of at least 4 members (excludes halogenated alkanes) is 11. The molecule has 41 heavy (non-hydrogen) atoms. The third-order valence-electron chi connectivity index (χ3n) is 7.17. The number of halogens is 1. The highest BCUT2D eigenvalue weighted by atomic mass is 79.9. The van der Waals surface area contributed by atoms with Crippen molar-refractivity contribution in [2.24, 2.45) is 0 Å². The zero-order valence-corrected chi connectivity index (χ0v) is 27.7. The molecule has 0 saturated carbocycles. The summed E-state index contributed by atoms with van der Waals surface area (Å²) in [7, 11) is 1.65. The molecule has 0 fully saturated rings. The normalized spacial score (nSPS) is 10.7. The van der Waals surface area contributed by atoms with Crippen molar-refractivity contribution in [1.29, 1.82) is 0 Å². The summed E-state index contributed by atoms with van der Waals surface area (Å²) >= 11 is 1.74. The molecule has 0 unspecified atom stereocenters. The van der Waals surface area contributed by atoms with Crippen LogP contribution in [0.1, 0.15) is 100.0 Å². The third kappa shape index (κ3) is 13.9. The second kappa shape index (κ2) is 20.5. The topological polar surface area (TPSA) is 51.4 Å². The van der Waals surface area contributed by atoms with Gasteiger partial charge in [0, 0.05) is 11.3 Å². The molecular formula is C34H49BrN2O3S. The van der Waals surface area contributed by atoms with Gasteiger partial charge < -0.3 is 31.8 Å². The summed E-state index contributed by atoms with van der Waals surface area (Å²) < 4.78 is 13.7. The summed E-state index contributed by atoms with van der Waals surface area (Å²) in [6, 6.07) is 13.8. The first-order valence-corrected chi connectivity index (χ1v) is 16.1. The van der Waals surface area contributed by atoms with Crippen LogP contribution in [0.5, 0.6) is 11.5 Å². The molecule has 0 atom stereocenters. The van der Waals surface area contributed by atoms with Crippen molar-refractivity contribution in [3.8, 4) is 11.5 Å². The lowest BCUT2D eigenvalue weighted by molar-refractivity contribution is -0.683. The van der Waals surface area contributed by atoms with Gasteiger partial charge in [-0.3, -0.25) is 4.79 Å². The highest BCUT2D eigenvalue weighted by Gasteiger charge is 2.11. The van der Waals surface area contributed by atoms with Crippen molar-refractivity contribution in [3.63, 3.8) is 0 Å². The lowest BCUT2D eigenvalue weighted by atomic mass is 10.1. The van der Waals surface area contributed by atoms with E-state index in [2.05, 4.69) is 47.6 Å². The molecule has 0 radical (unpaired) electrons. The van der Waals surface area contributed by atoms with Crippen molar-refractivity contribution in [2.45, 2.75) is 104 Å². The van der Waals surface area contributed by atoms with Crippen LogP contribution in [0.2, 0.25) is 0 Å². The van der Waals surface area contributed by atoms with Gasteiger partial charge >= 0.3 is 0 Å². The van der Waals surface area contributed by atoms with Gasteiger partial charge in [0.05, 0.1) is 25.0 Å². The van der Waals surface area contributed by atoms with Crippen molar-refractivity contribution < 1.29 is 35.8 Å². The number of aryl methyl sites for hydroxylation is 1. The first kappa shape index (κ1) is 34.8. The smallest absolute Gasteiger partial charge is 0.228 e. The van der Waals surface area contributed by atoms with Gasteiger partial charge in [0.1, 0.15) is 0 Å². The van der Waals surface area contributed by atoms with E-state index in [9.17, 15) is 4.79 Å². The number of rotatable bonds is 20. The summed E-state index contributed by atoms with van der Waals surface area (Å²) in [5.74, 6) is 1.37. The van der Waals surface area contributed by atoms with E-state index in [0.29, 0.717) is 18.1 Å². The number of nitrogens with zero attached hydrogens (tertiary/aromatic N) is 1. The highest BCUT2D eigenvalue weighted by molar-refractivity contribution is 7.09. The number of nitrogens with one attached hydrogen (secondary N) is 1. The fraction of sp³-hybridized carbons (Fsp3) is 0.529. The number of amides is 1. The second-order valence-corrected chi connectivity index (χ2v) is 11.9. The van der Waals surface area contributed by atoms with Gasteiger partial charge in [0.15, 0.2) is 24.2 Å². The number of benzene rings is 2. The summed E-state index contributed by atoms with van der Waals surface area (Å²) in [5, 5.41) is 3.01. The SMILES string of the molecule is CCCCCCCCCCCCCCOc1cc(CC(=O)Nc2ccc(C[n+]3csc(C)c3)cc2)ccc1OC.[Br-]. The molecule has 226 valence electrons. The van der Waals surface area contributed by atoms with Gasteiger partial charge in [-0.2, -0.15) is 4.57 Å². The van der Waals surface area contributed by atoms with Gasteiger partial charge in [0.2, 0.25) is 11.4 Å². The van der Waals surface area contributed by atoms with Crippen LogP contribution in [0.4, 0.5) is 5.69 Å². The molecule has 1 aromatic heterocycles. The minimum atomic E-state index is -0.0485. The molecule has 5 nitrogen and oxygen atoms in total. The van der Waals surface area contributed by atoms with Crippen molar-refractivity contribution in [2.75, 3.05) is 19.0 Å². The van der Waals surface area contributed by atoms with E-state index in [1.807, 2.05) is 30.3 Å². The number of carbonyl (C=O) groups excluding carboxylic acids is 1. The van der Waals surface area contributed by atoms with Crippen LogP contribution < -0.4 is 36.3 Å². The fourth-order valence-electron chi connectivity index (χ4n) is 4.89. The standard InChI is InChI=1S/C34H48N2O3S.BrH/c1-4-5-6-7-8-9-10-11-12-13-14-15-22-39-33-23-30(18-21-32(33)38-3)24-34(37)35-31-19-16-29(17-20-31)26-36-25-28(2)40-27-36;/h16-21,23,25,27H,4-15,22,24,26H2,1-3H3;1H. The monoisotopic (exact) mass is 644 g/mol. The van der Waals surface area contributed by atoms with Crippen LogP contribution in [0.3, 0.4) is 0 Å². The van der Waals surface area contributed by atoms with Gasteiger partial charge in [-0.15, -0.1) is 0 Å². The Balaban J connectivity index is 0.00000588. The van der Waals surface area contributed by atoms with Crippen molar-refractivity contribution in [3.05, 3.63) is 70.2 Å². The highest BCUT2D eigenvalue weighted by Crippen LogP contribution is 2.29. The predicted molar refractivity (Wildman–Crippen MR) is 167 cm³/mol. The van der Waals surface area contributed by atoms with Crippen LogP contribution >= 0.6 is 11.3 Å². The van der Waals surface area contributed by atoms with Gasteiger partial charge in [-0.1, -0.05) is 107 Å². The Morgan fingerprint density at radius 1 is 0.829 bits per heavy atom. The number of ether oxygens (including phenoxy) is 2. The zero-order chi connectivity index (χ0) is 28.4. The molecule has 0 spiro atoms. The zero-order valence-electron chi connectivity index (χ0n) is 25.3. The summed E-state index contributed by atoms with van der Waals surface area (Å²) in [6.45, 7) is 5.87. The largest absolute Gasteiger partial charge is 1.00 e. The number of thiazole rings is 1. The Kier molecular flexibility index (Phi) is 17.4. The van der Waals surface area contributed by atoms with E-state index in [4.69, 9.17) is 9.47 Å². The number of methoxy groups -OCH3 is 1. The Bertz CT molecular complexity index is 1130. The minimum absolute atomic E-state index is 0. The first-order chi connectivity index (χ1) is 19.6. The fourth-order valence-corrected chi connectivity index (χ4v) is 5.53. The van der Waals surface area contributed by atoms with Crippen molar-refractivity contribution >= 4 is 22.9 Å². The molecule has 3 rings (SSSR count). The van der Waals surface area contributed by atoms with E-state index >= 15 is 0 Å². The number of anilines is 1. The third-order valence-corrected chi connectivity index (χ3v) is 8.03. The number of hydrogen-bond donors (Lipinski definition) is 1. The molecule has 2 aromatic carbocycles. The van der Waals surface area contributed by atoms with Crippen molar-refractivity contribution in [1.82, 2.24) is 0 Å². The summed E-state index contributed by atoms with van der Waals surface area (Å²) in [6.07, 6.45) is 18.3. The van der Waals surface area contributed by atoms with E-state index in [0.717, 1.165) is 24.2 Å². The van der Waals surface area contributed by atoms with Crippen LogP contribution in [0.15, 0.2) is 54.2 Å². The van der Waals surface area contributed by atoms with Gasteiger partial charge in [0.25, 0.3) is 0 Å². The van der Waals surface area contributed by atoms with E-state index in [1.165, 1.54) is 81.1 Å². The molecule has 0 bridgehead atoms. The minimum Gasteiger partial charge on any atom is -1.00 e. The first-order valence-electron chi connectivity index (χ1n) is 15.2. The molecular weight excluding hydrogens is 596 g/mol. The number of aromatic nitrogens is 1. The maximum absolute atomic E-state index is 12.7. The predicted octanol–water partition coefficient (Wildman–Crippen LogP) is 5.67. The molecule has 0 saturated heterocycles. The Labute approximate surface area is 262 Å². The average molecular weight is 646 g/mol. The van der Waals surface area contributed by atoms with Crippen LogP contribution in [-0.4, -0.2) is 19.6 Å². The molecule has 7 heteroatoms. The Hall–Kier alpha value is -2.38. The van der Waals surface area contributed by atoms with Crippen LogP contribution in [-0.2, 0) is 17.8 Å². The van der Waals surface area contributed by atoms with Gasteiger partial charge in [-0.25, -0.2) is 0 Å². The molecule has 1 heterocycles. The average Bonchev–Trinajstić information content (AvgIpc) is 3.36. The van der Waals surface area contributed by atoms with Crippen LogP contribution in [0.25, 0.3) is 0 Å². The number of hydrogen-bond acceptors (Lipinski definition) is 4. The quantitative estimate of drug-likeness (QED) is 0.127. The van der Waals surface area contributed by atoms with Gasteiger partial charge in [-0.05, 0) is 43.2 Å².